The summed E-state index contributed by atoms with van der Waals surface area (Å²) in [6.45, 7) is 8.63. The summed E-state index contributed by atoms with van der Waals surface area (Å²) in [4.78, 5) is 27.1. The first kappa shape index (κ1) is 18.3. The predicted molar refractivity (Wildman–Crippen MR) is 91.3 cm³/mol. The first-order chi connectivity index (χ1) is 10.8. The molecule has 0 spiro atoms. The van der Waals surface area contributed by atoms with Gasteiger partial charge >= 0.3 is 6.09 Å². The number of ketones is 1. The highest BCUT2D eigenvalue weighted by atomic mass is 16.6. The molecule has 1 aliphatic carbocycles. The molecule has 0 aromatic carbocycles. The zero-order valence-corrected chi connectivity index (χ0v) is 15.3. The summed E-state index contributed by atoms with van der Waals surface area (Å²) in [5, 5.41) is 0. The Morgan fingerprint density at radius 1 is 1.22 bits per heavy atom. The Kier molecular flexibility index (Phi) is 6.10. The maximum Gasteiger partial charge on any atom is 0.410 e. The van der Waals surface area contributed by atoms with Crippen LogP contribution in [0.2, 0.25) is 0 Å². The third-order valence-electron chi connectivity index (χ3n) is 5.27. The van der Waals surface area contributed by atoms with Gasteiger partial charge in [-0.15, -0.1) is 0 Å². The second-order valence-electron chi connectivity index (χ2n) is 8.21. The minimum absolute atomic E-state index is 0.0133. The fourth-order valence-electron chi connectivity index (χ4n) is 3.98. The number of hydrogen-bond acceptors (Lipinski definition) is 3. The van der Waals surface area contributed by atoms with E-state index in [1.807, 2.05) is 25.7 Å². The topological polar surface area (TPSA) is 46.6 Å². The number of ether oxygens (including phenoxy) is 1. The number of nitrogens with zero attached hydrogens (tertiary/aromatic N) is 1. The molecule has 4 nitrogen and oxygen atoms in total. The van der Waals surface area contributed by atoms with Gasteiger partial charge in [-0.1, -0.05) is 26.2 Å². The quantitative estimate of drug-likeness (QED) is 0.748. The SMILES string of the molecule is CCC1CCC(=O)C(C2CCCCCN2C(=O)OC(C)(C)C)C1. The van der Waals surface area contributed by atoms with Crippen molar-refractivity contribution in [3.63, 3.8) is 0 Å². The van der Waals surface area contributed by atoms with Gasteiger partial charge in [0.25, 0.3) is 0 Å². The lowest BCUT2D eigenvalue weighted by Crippen LogP contribution is -2.49. The number of hydrogen-bond donors (Lipinski definition) is 0. The van der Waals surface area contributed by atoms with Crippen LogP contribution in [0.3, 0.4) is 0 Å². The first-order valence-electron chi connectivity index (χ1n) is 9.34. The normalized spacial score (nSPS) is 30.0. The molecule has 2 fully saturated rings. The molecule has 3 atom stereocenters. The molecule has 1 saturated carbocycles. The van der Waals surface area contributed by atoms with Gasteiger partial charge in [-0.05, 0) is 52.4 Å². The number of rotatable bonds is 2. The highest BCUT2D eigenvalue weighted by Gasteiger charge is 2.40. The second kappa shape index (κ2) is 7.67. The van der Waals surface area contributed by atoms with Gasteiger partial charge in [-0.2, -0.15) is 0 Å². The number of likely N-dealkylation sites (tertiary alicyclic amines) is 1. The predicted octanol–water partition coefficient (Wildman–Crippen LogP) is 4.56. The van der Waals surface area contributed by atoms with Gasteiger partial charge in [0, 0.05) is 24.9 Å². The highest BCUT2D eigenvalue weighted by Crippen LogP contribution is 2.35. The molecule has 2 aliphatic rings. The van der Waals surface area contributed by atoms with Gasteiger partial charge in [0.2, 0.25) is 0 Å². The van der Waals surface area contributed by atoms with Crippen LogP contribution in [0.5, 0.6) is 0 Å². The minimum Gasteiger partial charge on any atom is -0.444 e. The molecule has 1 aliphatic heterocycles. The van der Waals surface area contributed by atoms with Gasteiger partial charge in [-0.3, -0.25) is 4.79 Å². The Labute approximate surface area is 140 Å². The zero-order valence-electron chi connectivity index (χ0n) is 15.3. The maximum absolute atomic E-state index is 12.7. The van der Waals surface area contributed by atoms with Gasteiger partial charge in [0.05, 0.1) is 0 Å². The molecule has 0 N–H and O–H groups in total. The van der Waals surface area contributed by atoms with Gasteiger partial charge in [-0.25, -0.2) is 4.79 Å². The molecular weight excluding hydrogens is 290 g/mol. The van der Waals surface area contributed by atoms with Crippen LogP contribution in [0.4, 0.5) is 4.79 Å². The number of Topliss-reactive ketones (excluding diaryl/α,β-unsaturated/α-hetero) is 1. The monoisotopic (exact) mass is 323 g/mol. The van der Waals surface area contributed by atoms with Crippen molar-refractivity contribution in [2.45, 2.75) is 90.7 Å². The zero-order chi connectivity index (χ0) is 17.0. The standard InChI is InChI=1S/C19H33NO3/c1-5-14-10-11-17(21)15(13-14)16-9-7-6-8-12-20(16)18(22)23-19(2,3)4/h14-16H,5-13H2,1-4H3. The number of carbonyl (C=O) groups is 2. The van der Waals surface area contributed by atoms with Crippen LogP contribution in [-0.2, 0) is 9.53 Å². The van der Waals surface area contributed by atoms with Crippen LogP contribution in [0, 0.1) is 11.8 Å². The van der Waals surface area contributed by atoms with E-state index in [9.17, 15) is 9.59 Å². The Morgan fingerprint density at radius 2 is 1.96 bits per heavy atom. The second-order valence-corrected chi connectivity index (χ2v) is 8.21. The average Bonchev–Trinajstić information content (AvgIpc) is 2.71. The lowest BCUT2D eigenvalue weighted by atomic mass is 9.74. The summed E-state index contributed by atoms with van der Waals surface area (Å²) in [6.07, 6.45) is 7.71. The van der Waals surface area contributed by atoms with Crippen molar-refractivity contribution >= 4 is 11.9 Å². The van der Waals surface area contributed by atoms with Crippen molar-refractivity contribution < 1.29 is 14.3 Å². The molecule has 2 rings (SSSR count). The van der Waals surface area contributed by atoms with E-state index >= 15 is 0 Å². The third-order valence-corrected chi connectivity index (χ3v) is 5.27. The van der Waals surface area contributed by atoms with E-state index in [0.717, 1.165) is 51.5 Å². The van der Waals surface area contributed by atoms with Crippen LogP contribution in [0.25, 0.3) is 0 Å². The Morgan fingerprint density at radius 3 is 2.61 bits per heavy atom. The van der Waals surface area contributed by atoms with Crippen LogP contribution in [0.1, 0.15) is 79.1 Å². The summed E-state index contributed by atoms with van der Waals surface area (Å²) < 4.78 is 5.62. The fraction of sp³-hybridized carbons (Fsp3) is 0.895. The van der Waals surface area contributed by atoms with E-state index in [-0.39, 0.29) is 18.1 Å². The van der Waals surface area contributed by atoms with Gasteiger partial charge in [0.1, 0.15) is 11.4 Å². The van der Waals surface area contributed by atoms with Crippen molar-refractivity contribution in [1.82, 2.24) is 4.90 Å². The van der Waals surface area contributed by atoms with E-state index in [1.54, 1.807) is 0 Å². The molecule has 0 aromatic rings. The van der Waals surface area contributed by atoms with Gasteiger partial charge < -0.3 is 9.64 Å². The Balaban J connectivity index is 2.16. The van der Waals surface area contributed by atoms with E-state index in [4.69, 9.17) is 4.74 Å². The Bertz CT molecular complexity index is 427. The molecule has 1 heterocycles. The lowest BCUT2D eigenvalue weighted by molar-refractivity contribution is -0.128. The summed E-state index contributed by atoms with van der Waals surface area (Å²) in [5.74, 6) is 0.996. The van der Waals surface area contributed by atoms with Crippen molar-refractivity contribution in [2.24, 2.45) is 11.8 Å². The van der Waals surface area contributed by atoms with E-state index < -0.39 is 5.60 Å². The third kappa shape index (κ3) is 4.95. The van der Waals surface area contributed by atoms with Crippen LogP contribution >= 0.6 is 0 Å². The summed E-state index contributed by atoms with van der Waals surface area (Å²) >= 11 is 0. The molecule has 0 aromatic heterocycles. The lowest BCUT2D eigenvalue weighted by Gasteiger charge is -2.39. The molecule has 1 saturated heterocycles. The Hall–Kier alpha value is -1.06. The first-order valence-corrected chi connectivity index (χ1v) is 9.34. The van der Waals surface area contributed by atoms with Crippen LogP contribution in [0.15, 0.2) is 0 Å². The molecule has 0 bridgehead atoms. The van der Waals surface area contributed by atoms with Gasteiger partial charge in [0.15, 0.2) is 0 Å². The molecule has 4 heteroatoms. The number of amides is 1. The number of carbonyl (C=O) groups excluding carboxylic acids is 2. The van der Waals surface area contributed by atoms with Crippen LogP contribution in [-0.4, -0.2) is 35.0 Å². The molecule has 132 valence electrons. The van der Waals surface area contributed by atoms with E-state index in [0.29, 0.717) is 18.1 Å². The minimum atomic E-state index is -0.490. The fourth-order valence-corrected chi connectivity index (χ4v) is 3.98. The van der Waals surface area contributed by atoms with Crippen molar-refractivity contribution in [1.29, 1.82) is 0 Å². The van der Waals surface area contributed by atoms with E-state index in [2.05, 4.69) is 6.92 Å². The smallest absolute Gasteiger partial charge is 0.410 e. The van der Waals surface area contributed by atoms with Crippen molar-refractivity contribution in [2.75, 3.05) is 6.54 Å². The molecule has 0 radical (unpaired) electrons. The molecule has 23 heavy (non-hydrogen) atoms. The summed E-state index contributed by atoms with van der Waals surface area (Å²) in [5.41, 5.74) is -0.490. The van der Waals surface area contributed by atoms with Crippen LogP contribution < -0.4 is 0 Å². The highest BCUT2D eigenvalue weighted by molar-refractivity contribution is 5.83. The molecule has 1 amide bonds. The summed E-state index contributed by atoms with van der Waals surface area (Å²) in [7, 11) is 0. The van der Waals surface area contributed by atoms with E-state index in [1.165, 1.54) is 0 Å². The van der Waals surface area contributed by atoms with Crippen molar-refractivity contribution in [3.8, 4) is 0 Å². The molecular formula is C19H33NO3. The van der Waals surface area contributed by atoms with Crippen molar-refractivity contribution in [3.05, 3.63) is 0 Å². The summed E-state index contributed by atoms with van der Waals surface area (Å²) in [6, 6.07) is 0.0363. The maximum atomic E-state index is 12.7. The largest absolute Gasteiger partial charge is 0.444 e. The average molecular weight is 323 g/mol. The molecule has 3 unspecified atom stereocenters.